The zero-order valence-electron chi connectivity index (χ0n) is 21.4. The Bertz CT molecular complexity index is 1360. The zero-order valence-corrected chi connectivity index (χ0v) is 21.4. The highest BCUT2D eigenvalue weighted by molar-refractivity contribution is 5.77. The van der Waals surface area contributed by atoms with Crippen LogP contribution in [0.2, 0.25) is 0 Å². The van der Waals surface area contributed by atoms with E-state index < -0.39 is 5.97 Å². The minimum absolute atomic E-state index is 0.0803. The molecule has 0 atom stereocenters. The van der Waals surface area contributed by atoms with Crippen LogP contribution in [0.15, 0.2) is 72.8 Å². The van der Waals surface area contributed by atoms with E-state index in [1.54, 1.807) is 13.2 Å². The van der Waals surface area contributed by atoms with Gasteiger partial charge in [-0.25, -0.2) is 0 Å². The van der Waals surface area contributed by atoms with Gasteiger partial charge in [-0.15, -0.1) is 0 Å². The first kappa shape index (κ1) is 25.8. The standard InChI is InChI=1S/C30H32N2O5/c1-4-16-37-29-15-14-21(18-30(33)34)17-24(29)25-19-26(23-11-7-9-13-28(23)36-5-2)32(31-25)20-22-10-6-8-12-27(22)35-3/h6-15,17,19H,4-5,16,18,20H2,1-3H3,(H,33,34). The highest BCUT2D eigenvalue weighted by Crippen LogP contribution is 2.37. The molecule has 1 aromatic heterocycles. The maximum Gasteiger partial charge on any atom is 0.307 e. The van der Waals surface area contributed by atoms with Crippen LogP contribution in [0.25, 0.3) is 22.5 Å². The number of ether oxygens (including phenoxy) is 3. The van der Waals surface area contributed by atoms with Crippen molar-refractivity contribution < 1.29 is 24.1 Å². The quantitative estimate of drug-likeness (QED) is 0.254. The van der Waals surface area contributed by atoms with Crippen molar-refractivity contribution in [2.75, 3.05) is 20.3 Å². The van der Waals surface area contributed by atoms with Gasteiger partial charge in [-0.05, 0) is 55.3 Å². The van der Waals surface area contributed by atoms with Gasteiger partial charge in [0.25, 0.3) is 0 Å². The Balaban J connectivity index is 1.88. The van der Waals surface area contributed by atoms with Crippen LogP contribution < -0.4 is 14.2 Å². The van der Waals surface area contributed by atoms with Gasteiger partial charge < -0.3 is 19.3 Å². The Morgan fingerprint density at radius 2 is 1.62 bits per heavy atom. The van der Waals surface area contributed by atoms with E-state index in [9.17, 15) is 9.90 Å². The van der Waals surface area contributed by atoms with Gasteiger partial charge in [0.2, 0.25) is 0 Å². The molecule has 0 unspecified atom stereocenters. The van der Waals surface area contributed by atoms with Crippen molar-refractivity contribution in [1.29, 1.82) is 0 Å². The number of carboxylic acid groups (broad SMARTS) is 1. The third kappa shape index (κ3) is 6.12. The Morgan fingerprint density at radius 3 is 2.35 bits per heavy atom. The first-order valence-corrected chi connectivity index (χ1v) is 12.4. The van der Waals surface area contributed by atoms with Crippen LogP contribution in [0.1, 0.15) is 31.4 Å². The molecule has 0 amide bonds. The summed E-state index contributed by atoms with van der Waals surface area (Å²) < 4.78 is 19.5. The molecule has 0 aliphatic heterocycles. The van der Waals surface area contributed by atoms with Crippen LogP contribution in [0.5, 0.6) is 17.2 Å². The van der Waals surface area contributed by atoms with E-state index in [-0.39, 0.29) is 6.42 Å². The summed E-state index contributed by atoms with van der Waals surface area (Å²) in [6, 6.07) is 23.2. The van der Waals surface area contributed by atoms with Gasteiger partial charge in [0.1, 0.15) is 17.2 Å². The van der Waals surface area contributed by atoms with Crippen LogP contribution >= 0.6 is 0 Å². The van der Waals surface area contributed by atoms with Gasteiger partial charge in [-0.1, -0.05) is 43.3 Å². The highest BCUT2D eigenvalue weighted by Gasteiger charge is 2.19. The second-order valence-electron chi connectivity index (χ2n) is 8.56. The Hall–Kier alpha value is -4.26. The maximum absolute atomic E-state index is 11.4. The van der Waals surface area contributed by atoms with Gasteiger partial charge >= 0.3 is 5.97 Å². The molecule has 3 aromatic carbocycles. The topological polar surface area (TPSA) is 82.8 Å². The highest BCUT2D eigenvalue weighted by atomic mass is 16.5. The van der Waals surface area contributed by atoms with Crippen LogP contribution in [0.4, 0.5) is 0 Å². The fourth-order valence-electron chi connectivity index (χ4n) is 4.24. The largest absolute Gasteiger partial charge is 0.496 e. The lowest BCUT2D eigenvalue weighted by atomic mass is 10.0. The third-order valence-electron chi connectivity index (χ3n) is 5.89. The van der Waals surface area contributed by atoms with Crippen molar-refractivity contribution in [2.24, 2.45) is 0 Å². The first-order valence-electron chi connectivity index (χ1n) is 12.4. The maximum atomic E-state index is 11.4. The monoisotopic (exact) mass is 500 g/mol. The molecule has 0 aliphatic carbocycles. The van der Waals surface area contributed by atoms with Crippen molar-refractivity contribution >= 4 is 5.97 Å². The smallest absolute Gasteiger partial charge is 0.307 e. The van der Waals surface area contributed by atoms with Crippen molar-refractivity contribution in [3.05, 3.63) is 83.9 Å². The van der Waals surface area contributed by atoms with Crippen molar-refractivity contribution in [3.63, 3.8) is 0 Å². The number of benzene rings is 3. The number of aromatic nitrogens is 2. The van der Waals surface area contributed by atoms with E-state index in [0.717, 1.165) is 40.3 Å². The molecular formula is C30H32N2O5. The molecule has 0 aliphatic rings. The summed E-state index contributed by atoms with van der Waals surface area (Å²) in [7, 11) is 1.66. The molecule has 0 fully saturated rings. The number of para-hydroxylation sites is 2. The number of hydrogen-bond donors (Lipinski definition) is 1. The summed E-state index contributed by atoms with van der Waals surface area (Å²) in [6.07, 6.45) is 0.772. The first-order chi connectivity index (χ1) is 18.0. The van der Waals surface area contributed by atoms with Gasteiger partial charge in [0, 0.05) is 16.7 Å². The summed E-state index contributed by atoms with van der Waals surface area (Å²) >= 11 is 0. The average Bonchev–Trinajstić information content (AvgIpc) is 3.31. The number of hydrogen-bond acceptors (Lipinski definition) is 5. The molecular weight excluding hydrogens is 468 g/mol. The second-order valence-corrected chi connectivity index (χ2v) is 8.56. The Morgan fingerprint density at radius 1 is 0.892 bits per heavy atom. The third-order valence-corrected chi connectivity index (χ3v) is 5.89. The van der Waals surface area contributed by atoms with E-state index in [1.807, 2.05) is 85.3 Å². The molecule has 0 bridgehead atoms. The van der Waals surface area contributed by atoms with E-state index >= 15 is 0 Å². The van der Waals surface area contributed by atoms with Crippen LogP contribution in [0.3, 0.4) is 0 Å². The molecule has 0 radical (unpaired) electrons. The van der Waals surface area contributed by atoms with Crippen LogP contribution in [0, 0.1) is 0 Å². The van der Waals surface area contributed by atoms with Crippen molar-refractivity contribution in [3.8, 4) is 39.8 Å². The SMILES string of the molecule is CCCOc1ccc(CC(=O)O)cc1-c1cc(-c2ccccc2OCC)n(Cc2ccccc2OC)n1. The molecule has 0 saturated heterocycles. The average molecular weight is 501 g/mol. The van der Waals surface area contributed by atoms with Crippen LogP contribution in [-0.2, 0) is 17.8 Å². The summed E-state index contributed by atoms with van der Waals surface area (Å²) in [4.78, 5) is 11.4. The second kappa shape index (κ2) is 12.1. The zero-order chi connectivity index (χ0) is 26.2. The molecule has 7 nitrogen and oxygen atoms in total. The van der Waals surface area contributed by atoms with Gasteiger partial charge in [-0.2, -0.15) is 5.10 Å². The molecule has 0 saturated carbocycles. The minimum atomic E-state index is -0.888. The van der Waals surface area contributed by atoms with E-state index in [2.05, 4.69) is 0 Å². The molecule has 4 aromatic rings. The summed E-state index contributed by atoms with van der Waals surface area (Å²) in [5.74, 6) is 1.32. The molecule has 1 heterocycles. The molecule has 192 valence electrons. The fourth-order valence-corrected chi connectivity index (χ4v) is 4.24. The lowest BCUT2D eigenvalue weighted by molar-refractivity contribution is -0.136. The number of rotatable bonds is 12. The predicted molar refractivity (Wildman–Crippen MR) is 143 cm³/mol. The Kier molecular flexibility index (Phi) is 8.46. The number of carboxylic acids is 1. The Labute approximate surface area is 217 Å². The van der Waals surface area contributed by atoms with Gasteiger partial charge in [0.05, 0.1) is 44.7 Å². The number of methoxy groups -OCH3 is 1. The van der Waals surface area contributed by atoms with E-state index in [4.69, 9.17) is 19.3 Å². The molecule has 7 heteroatoms. The number of nitrogens with zero attached hydrogens (tertiary/aromatic N) is 2. The number of aliphatic carboxylic acids is 1. The van der Waals surface area contributed by atoms with Crippen molar-refractivity contribution in [1.82, 2.24) is 9.78 Å². The molecule has 1 N–H and O–H groups in total. The normalized spacial score (nSPS) is 10.8. The van der Waals surface area contributed by atoms with Gasteiger partial charge in [0.15, 0.2) is 0 Å². The van der Waals surface area contributed by atoms with Crippen LogP contribution in [-0.4, -0.2) is 41.2 Å². The van der Waals surface area contributed by atoms with Crippen molar-refractivity contribution in [2.45, 2.75) is 33.2 Å². The summed E-state index contributed by atoms with van der Waals surface area (Å²) in [5, 5.41) is 14.3. The van der Waals surface area contributed by atoms with Gasteiger partial charge in [-0.3, -0.25) is 9.48 Å². The lowest BCUT2D eigenvalue weighted by Gasteiger charge is -2.13. The molecule has 4 rings (SSSR count). The predicted octanol–water partition coefficient (Wildman–Crippen LogP) is 6.09. The molecule has 37 heavy (non-hydrogen) atoms. The van der Waals surface area contributed by atoms with E-state index in [1.165, 1.54) is 0 Å². The molecule has 0 spiro atoms. The fraction of sp³-hybridized carbons (Fsp3) is 0.267. The lowest BCUT2D eigenvalue weighted by Crippen LogP contribution is -2.06. The van der Waals surface area contributed by atoms with E-state index in [0.29, 0.717) is 36.8 Å². The summed E-state index contributed by atoms with van der Waals surface area (Å²) in [6.45, 7) is 5.56. The summed E-state index contributed by atoms with van der Waals surface area (Å²) in [5.41, 5.74) is 4.89. The minimum Gasteiger partial charge on any atom is -0.496 e. The number of carbonyl (C=O) groups is 1.